The molecule has 0 fully saturated rings. The highest BCUT2D eigenvalue weighted by atomic mass is 16.2. The Kier molecular flexibility index (Phi) is 4.93. The summed E-state index contributed by atoms with van der Waals surface area (Å²) < 4.78 is 0. The van der Waals surface area contributed by atoms with Crippen molar-refractivity contribution in [2.45, 2.75) is 26.7 Å². The molecule has 0 unspecified atom stereocenters. The monoisotopic (exact) mass is 283 g/mol. The number of rotatable bonds is 5. The first-order chi connectivity index (χ1) is 10.2. The molecule has 0 radical (unpaired) electrons. The smallest absolute Gasteiger partial charge is 0.258 e. The molecular weight excluding hydrogens is 262 g/mol. The van der Waals surface area contributed by atoms with Gasteiger partial charge in [-0.3, -0.25) is 4.79 Å². The van der Waals surface area contributed by atoms with E-state index in [-0.39, 0.29) is 5.91 Å². The number of aromatic nitrogens is 1. The van der Waals surface area contributed by atoms with E-state index < -0.39 is 0 Å². The highest BCUT2D eigenvalue weighted by Crippen LogP contribution is 2.18. The fourth-order valence-corrected chi connectivity index (χ4v) is 2.33. The van der Waals surface area contributed by atoms with E-state index in [2.05, 4.69) is 11.9 Å². The van der Waals surface area contributed by atoms with Gasteiger partial charge in [0.2, 0.25) is 0 Å². The lowest BCUT2D eigenvalue weighted by molar-refractivity contribution is 0.0988. The Morgan fingerprint density at radius 2 is 1.90 bits per heavy atom. The lowest BCUT2D eigenvalue weighted by Gasteiger charge is -2.21. The second-order valence-electron chi connectivity index (χ2n) is 4.91. The van der Waals surface area contributed by atoms with Crippen LogP contribution in [0.4, 0.5) is 11.5 Å². The second-order valence-corrected chi connectivity index (χ2v) is 4.91. The van der Waals surface area contributed by atoms with Crippen molar-refractivity contribution in [3.63, 3.8) is 0 Å². The summed E-state index contributed by atoms with van der Waals surface area (Å²) in [6.07, 6.45) is 1.79. The number of benzene rings is 1. The Morgan fingerprint density at radius 1 is 1.19 bits per heavy atom. The summed E-state index contributed by atoms with van der Waals surface area (Å²) >= 11 is 0. The molecule has 1 heterocycles. The van der Waals surface area contributed by atoms with Crippen LogP contribution in [0.25, 0.3) is 0 Å². The minimum absolute atomic E-state index is 0.0462. The first-order valence-electron chi connectivity index (χ1n) is 7.29. The van der Waals surface area contributed by atoms with Crippen LogP contribution in [-0.4, -0.2) is 17.4 Å². The van der Waals surface area contributed by atoms with Crippen LogP contribution in [0.3, 0.4) is 0 Å². The van der Waals surface area contributed by atoms with Crippen molar-refractivity contribution < 1.29 is 4.79 Å². The fourth-order valence-electron chi connectivity index (χ4n) is 2.33. The molecule has 2 N–H and O–H groups in total. The zero-order valence-corrected chi connectivity index (χ0v) is 12.5. The number of para-hydroxylation sites is 1. The van der Waals surface area contributed by atoms with Crippen molar-refractivity contribution in [3.05, 3.63) is 53.7 Å². The molecule has 1 aromatic heterocycles. The van der Waals surface area contributed by atoms with E-state index in [0.29, 0.717) is 17.9 Å². The van der Waals surface area contributed by atoms with E-state index >= 15 is 0 Å². The first-order valence-corrected chi connectivity index (χ1v) is 7.29. The highest BCUT2D eigenvalue weighted by molar-refractivity contribution is 6.06. The largest absolute Gasteiger partial charge is 0.384 e. The van der Waals surface area contributed by atoms with E-state index in [1.165, 1.54) is 0 Å². The summed E-state index contributed by atoms with van der Waals surface area (Å²) in [5.74, 6) is 0.351. The van der Waals surface area contributed by atoms with Gasteiger partial charge in [-0.25, -0.2) is 4.98 Å². The van der Waals surface area contributed by atoms with E-state index in [0.717, 1.165) is 24.2 Å². The Labute approximate surface area is 125 Å². The second kappa shape index (κ2) is 6.88. The molecule has 21 heavy (non-hydrogen) atoms. The predicted molar refractivity (Wildman–Crippen MR) is 86.4 cm³/mol. The number of pyridine rings is 1. The van der Waals surface area contributed by atoms with Crippen molar-refractivity contribution in [2.24, 2.45) is 0 Å². The summed E-state index contributed by atoms with van der Waals surface area (Å²) in [5, 5.41) is 0. The van der Waals surface area contributed by atoms with Crippen molar-refractivity contribution >= 4 is 17.4 Å². The molecule has 4 heteroatoms. The molecule has 2 rings (SSSR count). The Hall–Kier alpha value is -2.36. The molecule has 2 aromatic rings. The number of carbonyl (C=O) groups excluding carboxylic acids is 1. The summed E-state index contributed by atoms with van der Waals surface area (Å²) in [6.45, 7) is 4.64. The van der Waals surface area contributed by atoms with Crippen LogP contribution < -0.4 is 10.6 Å². The number of amides is 1. The van der Waals surface area contributed by atoms with Crippen LogP contribution in [0.15, 0.2) is 42.5 Å². The third-order valence-corrected chi connectivity index (χ3v) is 3.28. The van der Waals surface area contributed by atoms with Gasteiger partial charge >= 0.3 is 0 Å². The minimum atomic E-state index is -0.0462. The molecule has 0 saturated carbocycles. The third kappa shape index (κ3) is 3.60. The van der Waals surface area contributed by atoms with E-state index in [1.54, 1.807) is 11.0 Å². The number of carbonyl (C=O) groups is 1. The molecule has 110 valence electrons. The van der Waals surface area contributed by atoms with Gasteiger partial charge in [0.1, 0.15) is 5.82 Å². The fraction of sp³-hybridized carbons (Fsp3) is 0.294. The third-order valence-electron chi connectivity index (χ3n) is 3.28. The van der Waals surface area contributed by atoms with Gasteiger partial charge in [0.15, 0.2) is 0 Å². The number of nitrogens with zero attached hydrogens (tertiary/aromatic N) is 2. The van der Waals surface area contributed by atoms with E-state index in [1.807, 2.05) is 43.3 Å². The van der Waals surface area contributed by atoms with Crippen LogP contribution in [0.5, 0.6) is 0 Å². The van der Waals surface area contributed by atoms with Crippen molar-refractivity contribution in [3.8, 4) is 0 Å². The number of anilines is 2. The molecular formula is C17H21N3O. The number of nitrogen functional groups attached to an aromatic ring is 1. The average Bonchev–Trinajstić information content (AvgIpc) is 2.49. The van der Waals surface area contributed by atoms with Crippen LogP contribution in [0, 0.1) is 0 Å². The Morgan fingerprint density at radius 3 is 2.52 bits per heavy atom. The number of aryl methyl sites for hydroxylation is 1. The maximum absolute atomic E-state index is 12.7. The van der Waals surface area contributed by atoms with Crippen LogP contribution in [0.1, 0.15) is 36.3 Å². The van der Waals surface area contributed by atoms with Gasteiger partial charge in [-0.15, -0.1) is 0 Å². The van der Waals surface area contributed by atoms with E-state index in [4.69, 9.17) is 5.73 Å². The SMILES string of the molecule is CCCc1cc(C(=O)N(CC)c2ccccc2)cc(N)n1. The molecule has 0 aliphatic carbocycles. The minimum Gasteiger partial charge on any atom is -0.384 e. The number of hydrogen-bond donors (Lipinski definition) is 1. The molecule has 0 aliphatic rings. The molecule has 4 nitrogen and oxygen atoms in total. The average molecular weight is 283 g/mol. The van der Waals surface area contributed by atoms with E-state index in [9.17, 15) is 4.79 Å². The normalized spacial score (nSPS) is 10.4. The van der Waals surface area contributed by atoms with Gasteiger partial charge in [0, 0.05) is 23.5 Å². The zero-order chi connectivity index (χ0) is 15.2. The Bertz CT molecular complexity index is 611. The van der Waals surface area contributed by atoms with Crippen molar-refractivity contribution in [1.82, 2.24) is 4.98 Å². The first kappa shape index (κ1) is 15.0. The van der Waals surface area contributed by atoms with Gasteiger partial charge in [-0.2, -0.15) is 0 Å². The Balaban J connectivity index is 2.34. The molecule has 1 aromatic carbocycles. The van der Waals surface area contributed by atoms with Crippen LogP contribution in [0.2, 0.25) is 0 Å². The van der Waals surface area contributed by atoms with Gasteiger partial charge < -0.3 is 10.6 Å². The predicted octanol–water partition coefficient (Wildman–Crippen LogP) is 3.28. The summed E-state index contributed by atoms with van der Waals surface area (Å²) in [5.41, 5.74) is 8.17. The van der Waals surface area contributed by atoms with Gasteiger partial charge in [-0.1, -0.05) is 31.5 Å². The quantitative estimate of drug-likeness (QED) is 0.916. The molecule has 0 spiro atoms. The standard InChI is InChI=1S/C17H21N3O/c1-3-8-14-11-13(12-16(18)19-14)17(21)20(4-2)15-9-6-5-7-10-15/h5-7,9-12H,3-4,8H2,1-2H3,(H2,18,19). The lowest BCUT2D eigenvalue weighted by atomic mass is 10.1. The summed E-state index contributed by atoms with van der Waals surface area (Å²) in [4.78, 5) is 18.7. The highest BCUT2D eigenvalue weighted by Gasteiger charge is 2.17. The molecule has 0 saturated heterocycles. The molecule has 0 bridgehead atoms. The van der Waals surface area contributed by atoms with Crippen molar-refractivity contribution in [2.75, 3.05) is 17.2 Å². The van der Waals surface area contributed by atoms with Crippen LogP contribution in [-0.2, 0) is 6.42 Å². The maximum Gasteiger partial charge on any atom is 0.258 e. The lowest BCUT2D eigenvalue weighted by Crippen LogP contribution is -2.30. The summed E-state index contributed by atoms with van der Waals surface area (Å²) in [7, 11) is 0. The number of nitrogens with two attached hydrogens (primary N) is 1. The van der Waals surface area contributed by atoms with Crippen LogP contribution >= 0.6 is 0 Å². The molecule has 0 aliphatic heterocycles. The number of hydrogen-bond acceptors (Lipinski definition) is 3. The van der Waals surface area contributed by atoms with Gasteiger partial charge in [0.05, 0.1) is 0 Å². The maximum atomic E-state index is 12.7. The summed E-state index contributed by atoms with van der Waals surface area (Å²) in [6, 6.07) is 13.1. The van der Waals surface area contributed by atoms with Crippen molar-refractivity contribution in [1.29, 1.82) is 0 Å². The van der Waals surface area contributed by atoms with Gasteiger partial charge in [-0.05, 0) is 37.6 Å². The topological polar surface area (TPSA) is 59.2 Å². The molecule has 1 amide bonds. The molecule has 0 atom stereocenters. The van der Waals surface area contributed by atoms with Gasteiger partial charge in [0.25, 0.3) is 5.91 Å². The zero-order valence-electron chi connectivity index (χ0n) is 12.5.